The number of nitrogens with zero attached hydrogens (tertiary/aromatic N) is 2. The van der Waals surface area contributed by atoms with Crippen molar-refractivity contribution in [1.82, 2.24) is 15.3 Å². The third kappa shape index (κ3) is 7.92. The Labute approximate surface area is 170 Å². The zero-order valence-electron chi connectivity index (χ0n) is 16.5. The van der Waals surface area contributed by atoms with Gasteiger partial charge in [0.1, 0.15) is 13.2 Å². The number of ether oxygens (including phenoxy) is 2. The summed E-state index contributed by atoms with van der Waals surface area (Å²) in [6.07, 6.45) is -1.58. The van der Waals surface area contributed by atoms with Gasteiger partial charge in [-0.15, -0.1) is 0 Å². The van der Waals surface area contributed by atoms with Gasteiger partial charge in [-0.2, -0.15) is 0 Å². The van der Waals surface area contributed by atoms with E-state index in [-0.39, 0.29) is 32.1 Å². The molecule has 0 aliphatic carbocycles. The quantitative estimate of drug-likeness (QED) is 0.723. The molecule has 3 amide bonds. The minimum atomic E-state index is -0.817. The number of amides is 3. The molecule has 0 bridgehead atoms. The van der Waals surface area contributed by atoms with Gasteiger partial charge in [-0.25, -0.2) is 20.0 Å². The smallest absolute Gasteiger partial charge is 0.429 e. The molecule has 0 spiro atoms. The summed E-state index contributed by atoms with van der Waals surface area (Å²) in [6.45, 7) is 0.0415. The summed E-state index contributed by atoms with van der Waals surface area (Å²) in [4.78, 5) is 37.8. The molecule has 0 radical (unpaired) electrons. The van der Waals surface area contributed by atoms with E-state index in [2.05, 4.69) is 5.43 Å². The molecule has 2 aromatic rings. The second-order valence-electron chi connectivity index (χ2n) is 6.40. The van der Waals surface area contributed by atoms with Crippen LogP contribution in [0.4, 0.5) is 9.59 Å². The van der Waals surface area contributed by atoms with E-state index in [0.29, 0.717) is 0 Å². The molecule has 0 atom stereocenters. The Bertz CT molecular complexity index is 796. The molecular weight excluding hydrogens is 374 g/mol. The maximum atomic E-state index is 12.4. The predicted octanol–water partition coefficient (Wildman–Crippen LogP) is 2.94. The highest BCUT2D eigenvalue weighted by Gasteiger charge is 2.20. The molecule has 2 aromatic carbocycles. The number of carbonyl (C=O) groups is 3. The number of benzene rings is 2. The Kier molecular flexibility index (Phi) is 8.50. The predicted molar refractivity (Wildman–Crippen MR) is 106 cm³/mol. The van der Waals surface area contributed by atoms with E-state index in [0.717, 1.165) is 16.1 Å². The third-order valence-corrected chi connectivity index (χ3v) is 3.91. The van der Waals surface area contributed by atoms with E-state index in [1.54, 1.807) is 14.1 Å². The van der Waals surface area contributed by atoms with Gasteiger partial charge >= 0.3 is 12.2 Å². The zero-order chi connectivity index (χ0) is 21.1. The second kappa shape index (κ2) is 11.3. The summed E-state index contributed by atoms with van der Waals surface area (Å²) in [5.41, 5.74) is 3.96. The molecule has 0 aliphatic rings. The van der Waals surface area contributed by atoms with Gasteiger partial charge in [0.25, 0.3) is 0 Å². The summed E-state index contributed by atoms with van der Waals surface area (Å²) >= 11 is 0. The van der Waals surface area contributed by atoms with Gasteiger partial charge in [-0.05, 0) is 11.1 Å². The van der Waals surface area contributed by atoms with E-state index in [4.69, 9.17) is 9.47 Å². The van der Waals surface area contributed by atoms with Crippen molar-refractivity contribution in [3.63, 3.8) is 0 Å². The van der Waals surface area contributed by atoms with Crippen molar-refractivity contribution in [3.05, 3.63) is 71.8 Å². The van der Waals surface area contributed by atoms with E-state index >= 15 is 0 Å². The minimum absolute atomic E-state index is 0.0202. The SMILES string of the molecule is CN(C)C(=O)CCN(NC(=O)OCc1ccccc1)C(=O)OCc1ccccc1. The Morgan fingerprint density at radius 3 is 1.86 bits per heavy atom. The first-order chi connectivity index (χ1) is 14.0. The average Bonchev–Trinajstić information content (AvgIpc) is 2.74. The van der Waals surface area contributed by atoms with Crippen LogP contribution < -0.4 is 5.43 Å². The third-order valence-electron chi connectivity index (χ3n) is 3.91. The van der Waals surface area contributed by atoms with Crippen molar-refractivity contribution >= 4 is 18.1 Å². The normalized spacial score (nSPS) is 10.0. The Hall–Kier alpha value is -3.55. The molecule has 8 nitrogen and oxygen atoms in total. The molecule has 0 aromatic heterocycles. The van der Waals surface area contributed by atoms with Gasteiger partial charge in [0.05, 0.1) is 6.54 Å². The number of hydrazine groups is 1. The number of hydrogen-bond donors (Lipinski definition) is 1. The molecule has 0 fully saturated rings. The molecule has 0 unspecified atom stereocenters. The summed E-state index contributed by atoms with van der Waals surface area (Å²) in [5, 5.41) is 0.942. The standard InChI is InChI=1S/C21H25N3O5/c1-23(2)19(25)13-14-24(21(27)29-16-18-11-7-4-8-12-18)22-20(26)28-15-17-9-5-3-6-10-17/h3-12H,13-16H2,1-2H3,(H,22,26). The fourth-order valence-corrected chi connectivity index (χ4v) is 2.29. The summed E-state index contributed by atoms with van der Waals surface area (Å²) < 4.78 is 10.4. The molecule has 154 valence electrons. The van der Waals surface area contributed by atoms with Crippen LogP contribution in [0.25, 0.3) is 0 Å². The van der Waals surface area contributed by atoms with E-state index in [9.17, 15) is 14.4 Å². The number of rotatable bonds is 7. The van der Waals surface area contributed by atoms with Gasteiger partial charge in [-0.1, -0.05) is 60.7 Å². The zero-order valence-corrected chi connectivity index (χ0v) is 16.5. The van der Waals surface area contributed by atoms with Gasteiger partial charge in [-0.3, -0.25) is 4.79 Å². The van der Waals surface area contributed by atoms with E-state index in [1.807, 2.05) is 60.7 Å². The van der Waals surface area contributed by atoms with Crippen LogP contribution in [-0.4, -0.2) is 48.6 Å². The van der Waals surface area contributed by atoms with Crippen molar-refractivity contribution in [2.45, 2.75) is 19.6 Å². The lowest BCUT2D eigenvalue weighted by Crippen LogP contribution is -2.48. The second-order valence-corrected chi connectivity index (χ2v) is 6.40. The average molecular weight is 399 g/mol. The van der Waals surface area contributed by atoms with Crippen LogP contribution in [0.1, 0.15) is 17.5 Å². The van der Waals surface area contributed by atoms with E-state index < -0.39 is 12.2 Å². The molecule has 0 aliphatic heterocycles. The Morgan fingerprint density at radius 2 is 1.34 bits per heavy atom. The highest BCUT2D eigenvalue weighted by molar-refractivity contribution is 5.77. The maximum absolute atomic E-state index is 12.4. The first-order valence-corrected chi connectivity index (χ1v) is 9.11. The molecule has 2 rings (SSSR count). The molecule has 1 N–H and O–H groups in total. The molecule has 8 heteroatoms. The number of nitrogens with one attached hydrogen (secondary N) is 1. The number of hydrogen-bond acceptors (Lipinski definition) is 5. The molecule has 0 saturated carbocycles. The summed E-state index contributed by atoms with van der Waals surface area (Å²) in [7, 11) is 3.23. The van der Waals surface area contributed by atoms with Gasteiger partial charge in [0.2, 0.25) is 5.91 Å². The molecule has 0 heterocycles. The largest absolute Gasteiger partial charge is 0.443 e. The van der Waals surface area contributed by atoms with Crippen molar-refractivity contribution in [1.29, 1.82) is 0 Å². The fraction of sp³-hybridized carbons (Fsp3) is 0.286. The highest BCUT2D eigenvalue weighted by atomic mass is 16.6. The van der Waals surface area contributed by atoms with Crippen LogP contribution in [-0.2, 0) is 27.5 Å². The van der Waals surface area contributed by atoms with Gasteiger partial charge < -0.3 is 14.4 Å². The van der Waals surface area contributed by atoms with Crippen LogP contribution >= 0.6 is 0 Å². The van der Waals surface area contributed by atoms with Crippen LogP contribution in [0.15, 0.2) is 60.7 Å². The maximum Gasteiger partial charge on any atom is 0.429 e. The Balaban J connectivity index is 1.92. The number of carbonyl (C=O) groups excluding carboxylic acids is 3. The first-order valence-electron chi connectivity index (χ1n) is 9.11. The lowest BCUT2D eigenvalue weighted by atomic mass is 10.2. The van der Waals surface area contributed by atoms with Crippen molar-refractivity contribution in [3.8, 4) is 0 Å². The van der Waals surface area contributed by atoms with Crippen molar-refractivity contribution in [2.75, 3.05) is 20.6 Å². The van der Waals surface area contributed by atoms with Crippen LogP contribution in [0.3, 0.4) is 0 Å². The lowest BCUT2D eigenvalue weighted by molar-refractivity contribution is -0.129. The molecule has 29 heavy (non-hydrogen) atoms. The van der Waals surface area contributed by atoms with E-state index in [1.165, 1.54) is 4.90 Å². The highest BCUT2D eigenvalue weighted by Crippen LogP contribution is 2.05. The Morgan fingerprint density at radius 1 is 0.828 bits per heavy atom. The van der Waals surface area contributed by atoms with Crippen molar-refractivity contribution < 1.29 is 23.9 Å². The monoisotopic (exact) mass is 399 g/mol. The minimum Gasteiger partial charge on any atom is -0.443 e. The van der Waals surface area contributed by atoms with Crippen LogP contribution in [0.2, 0.25) is 0 Å². The van der Waals surface area contributed by atoms with Gasteiger partial charge in [0.15, 0.2) is 0 Å². The van der Waals surface area contributed by atoms with Gasteiger partial charge in [0, 0.05) is 20.5 Å². The van der Waals surface area contributed by atoms with Crippen molar-refractivity contribution in [2.24, 2.45) is 0 Å². The summed E-state index contributed by atoms with van der Waals surface area (Å²) in [5.74, 6) is -0.190. The first kappa shape index (κ1) is 21.7. The van der Waals surface area contributed by atoms with Crippen LogP contribution in [0, 0.1) is 0 Å². The lowest BCUT2D eigenvalue weighted by Gasteiger charge is -2.23. The topological polar surface area (TPSA) is 88.2 Å². The summed E-state index contributed by atoms with van der Waals surface area (Å²) in [6, 6.07) is 18.3. The molecular formula is C21H25N3O5. The fourth-order valence-electron chi connectivity index (χ4n) is 2.29. The van der Waals surface area contributed by atoms with Crippen LogP contribution in [0.5, 0.6) is 0 Å². The molecule has 0 saturated heterocycles.